The summed E-state index contributed by atoms with van der Waals surface area (Å²) in [7, 11) is 0. The van der Waals surface area contributed by atoms with Crippen molar-refractivity contribution in [1.29, 1.82) is 0 Å². The Balaban J connectivity index is 3.22. The lowest BCUT2D eigenvalue weighted by molar-refractivity contribution is 1.31. The third-order valence-electron chi connectivity index (χ3n) is 2.59. The lowest BCUT2D eigenvalue weighted by Crippen LogP contribution is -1.77. The average Bonchev–Trinajstić information content (AvgIpc) is 2.07. The fraction of sp³-hybridized carbons (Fsp3) is 0.400. The number of hydrogen-bond donors (Lipinski definition) is 0. The largest absolute Gasteiger partial charge is 0.0912 e. The van der Waals surface area contributed by atoms with Gasteiger partial charge in [0, 0.05) is 0 Å². The molecule has 0 aliphatic heterocycles. The molecular formula is C10H14. The molecule has 10 heavy (non-hydrogen) atoms. The summed E-state index contributed by atoms with van der Waals surface area (Å²) in [5.74, 6) is 0. The second-order valence-electron chi connectivity index (χ2n) is 2.98. The van der Waals surface area contributed by atoms with E-state index in [0.29, 0.717) is 0 Å². The van der Waals surface area contributed by atoms with Gasteiger partial charge in [-0.05, 0) is 55.6 Å². The van der Waals surface area contributed by atoms with Crippen molar-refractivity contribution < 1.29 is 0 Å². The van der Waals surface area contributed by atoms with Crippen molar-refractivity contribution in [3.05, 3.63) is 34.4 Å². The Bertz CT molecular complexity index is 223. The minimum absolute atomic E-state index is 1.22. The number of hydrogen-bond acceptors (Lipinski definition) is 0. The zero-order chi connectivity index (χ0) is 7.89. The van der Waals surface area contributed by atoms with Crippen LogP contribution >= 0.6 is 0 Å². The molecule has 1 aliphatic carbocycles. The fourth-order valence-electron chi connectivity index (χ4n) is 1.30. The Morgan fingerprint density at radius 2 is 1.00 bits per heavy atom. The number of rotatable bonds is 0. The van der Waals surface area contributed by atoms with Crippen molar-refractivity contribution in [2.24, 2.45) is 0 Å². The van der Waals surface area contributed by atoms with Gasteiger partial charge in [-0.2, -0.15) is 0 Å². The van der Waals surface area contributed by atoms with Gasteiger partial charge in [-0.25, -0.2) is 0 Å². The molecule has 1 aliphatic rings. The molecule has 0 N–H and O–H groups in total. The molecule has 0 unspecified atom stereocenters. The average molecular weight is 134 g/mol. The molecule has 0 aromatic rings. The first-order chi connectivity index (χ1) is 4.55. The smallest absolute Gasteiger partial charge is 0.0265 e. The predicted octanol–water partition coefficient (Wildman–Crippen LogP) is 3.23. The molecule has 0 spiro atoms. The molecule has 0 fully saturated rings. The molecule has 0 aromatic carbocycles. The van der Waals surface area contributed by atoms with Gasteiger partial charge >= 0.3 is 0 Å². The van der Waals surface area contributed by atoms with E-state index >= 15 is 0 Å². The van der Waals surface area contributed by atoms with Gasteiger partial charge in [-0.3, -0.25) is 0 Å². The molecule has 0 saturated carbocycles. The van der Waals surface area contributed by atoms with E-state index in [-0.39, 0.29) is 0 Å². The molecule has 1 rings (SSSR count). The highest BCUT2D eigenvalue weighted by Gasteiger charge is 2.14. The lowest BCUT2D eigenvalue weighted by atomic mass is 10.1. The van der Waals surface area contributed by atoms with Crippen LogP contribution in [-0.2, 0) is 0 Å². The highest BCUT2D eigenvalue weighted by atomic mass is 14.2. The second kappa shape index (κ2) is 2.12. The van der Waals surface area contributed by atoms with Crippen LogP contribution in [0, 0.1) is 0 Å². The SMILES string of the molecule is C=C1C(C)=C(C)C(C)=C1C. The van der Waals surface area contributed by atoms with Gasteiger partial charge in [0.1, 0.15) is 0 Å². The van der Waals surface area contributed by atoms with E-state index in [4.69, 9.17) is 0 Å². The van der Waals surface area contributed by atoms with E-state index < -0.39 is 0 Å². The van der Waals surface area contributed by atoms with Crippen LogP contribution in [0.15, 0.2) is 34.4 Å². The molecule has 0 heteroatoms. The Morgan fingerprint density at radius 1 is 0.700 bits per heavy atom. The van der Waals surface area contributed by atoms with Gasteiger partial charge in [0.05, 0.1) is 0 Å². The molecular weight excluding hydrogens is 120 g/mol. The maximum atomic E-state index is 4.00. The topological polar surface area (TPSA) is 0 Å². The van der Waals surface area contributed by atoms with Gasteiger partial charge in [0.25, 0.3) is 0 Å². The van der Waals surface area contributed by atoms with Gasteiger partial charge in [-0.1, -0.05) is 6.58 Å². The lowest BCUT2D eigenvalue weighted by Gasteiger charge is -1.96. The molecule has 0 bridgehead atoms. The zero-order valence-corrected chi connectivity index (χ0v) is 7.21. The van der Waals surface area contributed by atoms with Crippen molar-refractivity contribution >= 4 is 0 Å². The Labute approximate surface area is 62.9 Å². The Kier molecular flexibility index (Phi) is 1.55. The first-order valence-corrected chi connectivity index (χ1v) is 3.60. The van der Waals surface area contributed by atoms with E-state index in [0.717, 1.165) is 0 Å². The molecule has 0 heterocycles. The second-order valence-corrected chi connectivity index (χ2v) is 2.98. The van der Waals surface area contributed by atoms with Gasteiger partial charge in [0.15, 0.2) is 0 Å². The van der Waals surface area contributed by atoms with Crippen LogP contribution in [0.5, 0.6) is 0 Å². The first kappa shape index (κ1) is 7.33. The van der Waals surface area contributed by atoms with E-state index in [9.17, 15) is 0 Å². The quantitative estimate of drug-likeness (QED) is 0.477. The summed E-state index contributed by atoms with van der Waals surface area (Å²) in [6.45, 7) is 12.6. The van der Waals surface area contributed by atoms with Crippen LogP contribution in [0.3, 0.4) is 0 Å². The van der Waals surface area contributed by atoms with Crippen molar-refractivity contribution in [2.45, 2.75) is 27.7 Å². The van der Waals surface area contributed by atoms with E-state index in [2.05, 4.69) is 34.3 Å². The van der Waals surface area contributed by atoms with E-state index in [1.165, 1.54) is 27.9 Å². The van der Waals surface area contributed by atoms with Crippen molar-refractivity contribution in [2.75, 3.05) is 0 Å². The summed E-state index contributed by atoms with van der Waals surface area (Å²) in [6.07, 6.45) is 0. The van der Waals surface area contributed by atoms with Crippen LogP contribution in [0.4, 0.5) is 0 Å². The van der Waals surface area contributed by atoms with Crippen molar-refractivity contribution in [3.8, 4) is 0 Å². The molecule has 0 nitrogen and oxygen atoms in total. The zero-order valence-electron chi connectivity index (χ0n) is 7.21. The van der Waals surface area contributed by atoms with Crippen LogP contribution < -0.4 is 0 Å². The van der Waals surface area contributed by atoms with Crippen molar-refractivity contribution in [3.63, 3.8) is 0 Å². The summed E-state index contributed by atoms with van der Waals surface area (Å²) in [4.78, 5) is 0. The van der Waals surface area contributed by atoms with Crippen LogP contribution in [0.1, 0.15) is 27.7 Å². The summed E-state index contributed by atoms with van der Waals surface area (Å²) < 4.78 is 0. The van der Waals surface area contributed by atoms with Gasteiger partial charge in [0.2, 0.25) is 0 Å². The van der Waals surface area contributed by atoms with Gasteiger partial charge in [-0.15, -0.1) is 0 Å². The van der Waals surface area contributed by atoms with Crippen LogP contribution in [0.25, 0.3) is 0 Å². The summed E-state index contributed by atoms with van der Waals surface area (Å²) in [5.41, 5.74) is 6.74. The van der Waals surface area contributed by atoms with Crippen molar-refractivity contribution in [1.82, 2.24) is 0 Å². The third kappa shape index (κ3) is 0.756. The monoisotopic (exact) mass is 134 g/mol. The maximum absolute atomic E-state index is 4.00. The molecule has 0 amide bonds. The first-order valence-electron chi connectivity index (χ1n) is 3.60. The fourth-order valence-corrected chi connectivity index (χ4v) is 1.30. The molecule has 54 valence electrons. The number of allylic oxidation sites excluding steroid dienone is 5. The highest BCUT2D eigenvalue weighted by Crippen LogP contribution is 2.34. The Hall–Kier alpha value is -0.780. The predicted molar refractivity (Wildman–Crippen MR) is 45.9 cm³/mol. The summed E-state index contributed by atoms with van der Waals surface area (Å²) in [6, 6.07) is 0. The Morgan fingerprint density at radius 3 is 1.10 bits per heavy atom. The standard InChI is InChI=1S/C10H14/c1-6-7(2)9(4)10(5)8(6)3/h1H2,2-5H3. The minimum Gasteiger partial charge on any atom is -0.0912 e. The third-order valence-corrected chi connectivity index (χ3v) is 2.59. The normalized spacial score (nSPS) is 19.4. The van der Waals surface area contributed by atoms with Crippen LogP contribution in [-0.4, -0.2) is 0 Å². The maximum Gasteiger partial charge on any atom is -0.0265 e. The molecule has 0 saturated heterocycles. The van der Waals surface area contributed by atoms with E-state index in [1.54, 1.807) is 0 Å². The summed E-state index contributed by atoms with van der Waals surface area (Å²) in [5, 5.41) is 0. The van der Waals surface area contributed by atoms with E-state index in [1.807, 2.05) is 0 Å². The molecule has 0 aromatic heterocycles. The summed E-state index contributed by atoms with van der Waals surface area (Å²) >= 11 is 0. The molecule has 0 atom stereocenters. The minimum atomic E-state index is 1.22. The van der Waals surface area contributed by atoms with Crippen LogP contribution in [0.2, 0.25) is 0 Å². The highest BCUT2D eigenvalue weighted by molar-refractivity contribution is 5.59. The molecule has 0 radical (unpaired) electrons. The van der Waals surface area contributed by atoms with Gasteiger partial charge < -0.3 is 0 Å².